The molecule has 1 rings (SSSR count). The van der Waals surface area contributed by atoms with Gasteiger partial charge in [-0.25, -0.2) is 0 Å². The summed E-state index contributed by atoms with van der Waals surface area (Å²) in [5, 5.41) is 0. The topological polar surface area (TPSA) is 0 Å². The summed E-state index contributed by atoms with van der Waals surface area (Å²) < 4.78 is 0. The van der Waals surface area contributed by atoms with E-state index in [1.165, 1.54) is 82.6 Å². The highest BCUT2D eigenvalue weighted by Gasteiger charge is 2.08. The second-order valence-electron chi connectivity index (χ2n) is 9.39. The molecule has 0 amide bonds. The van der Waals surface area contributed by atoms with E-state index in [2.05, 4.69) is 68.1 Å². The van der Waals surface area contributed by atoms with Crippen LogP contribution in [-0.2, 0) is 6.42 Å². The van der Waals surface area contributed by atoms with Crippen LogP contribution in [0.2, 0.25) is 19.6 Å². The maximum absolute atomic E-state index is 3.47. The smallest absolute Gasteiger partial charge is 0.127 e. The van der Waals surface area contributed by atoms with Crippen LogP contribution in [0.15, 0.2) is 18.2 Å². The molecule has 0 unspecified atom stereocenters. The van der Waals surface area contributed by atoms with E-state index in [1.54, 1.807) is 0 Å². The van der Waals surface area contributed by atoms with Crippen LogP contribution in [0, 0.1) is 23.3 Å². The summed E-state index contributed by atoms with van der Waals surface area (Å²) in [5.74, 6) is 9.71. The summed E-state index contributed by atoms with van der Waals surface area (Å²) in [5.41, 5.74) is 7.09. The molecule has 0 N–H and O–H groups in total. The number of aryl methyl sites for hydroxylation is 1. The molecule has 0 aliphatic heterocycles. The Morgan fingerprint density at radius 3 is 1.76 bits per heavy atom. The van der Waals surface area contributed by atoms with Crippen molar-refractivity contribution in [3.8, 4) is 23.3 Å². The molecule has 1 heteroatoms. The highest BCUT2D eigenvalue weighted by molar-refractivity contribution is 6.83. The van der Waals surface area contributed by atoms with Crippen molar-refractivity contribution < 1.29 is 0 Å². The van der Waals surface area contributed by atoms with Crippen LogP contribution >= 0.6 is 0 Å². The first-order chi connectivity index (χ1) is 14.0. The second-order valence-corrected chi connectivity index (χ2v) is 14.1. The fourth-order valence-electron chi connectivity index (χ4n) is 3.52. The Hall–Kier alpha value is -1.44. The standard InChI is InChI=1S/C28H44Si/c1-6-8-9-10-11-12-13-14-15-16-17-18-20-26-21-22-27(23-24-29(3,4)5)28(25-26)19-7-2/h21-22,25H,6,8-18,20H2,1-5H3. The number of unbranched alkanes of at least 4 members (excludes halogenated alkanes) is 11. The van der Waals surface area contributed by atoms with E-state index >= 15 is 0 Å². The van der Waals surface area contributed by atoms with E-state index in [0.717, 1.165) is 17.5 Å². The molecule has 160 valence electrons. The Morgan fingerprint density at radius 2 is 1.24 bits per heavy atom. The van der Waals surface area contributed by atoms with Crippen molar-refractivity contribution >= 4 is 8.07 Å². The summed E-state index contributed by atoms with van der Waals surface area (Å²) in [4.78, 5) is 0. The molecule has 1 aromatic carbocycles. The number of rotatable bonds is 13. The Balaban J connectivity index is 2.28. The van der Waals surface area contributed by atoms with Crippen molar-refractivity contribution in [2.75, 3.05) is 0 Å². The van der Waals surface area contributed by atoms with E-state index in [0.29, 0.717) is 0 Å². The number of hydrogen-bond acceptors (Lipinski definition) is 0. The molecule has 0 nitrogen and oxygen atoms in total. The van der Waals surface area contributed by atoms with Gasteiger partial charge in [0, 0.05) is 11.1 Å². The first-order valence-electron chi connectivity index (χ1n) is 12.0. The average molecular weight is 409 g/mol. The normalized spacial score (nSPS) is 10.8. The largest absolute Gasteiger partial charge is 0.129 e. The summed E-state index contributed by atoms with van der Waals surface area (Å²) in [6.07, 6.45) is 18.0. The fourth-order valence-corrected chi connectivity index (χ4v) is 4.03. The highest BCUT2D eigenvalue weighted by atomic mass is 28.3. The molecule has 0 saturated heterocycles. The first kappa shape index (κ1) is 25.6. The van der Waals surface area contributed by atoms with Crippen molar-refractivity contribution in [3.05, 3.63) is 34.9 Å². The molecular formula is C28H44Si. The van der Waals surface area contributed by atoms with E-state index in [4.69, 9.17) is 0 Å². The van der Waals surface area contributed by atoms with Gasteiger partial charge in [-0.2, -0.15) is 0 Å². The summed E-state index contributed by atoms with van der Waals surface area (Å²) in [6, 6.07) is 6.71. The van der Waals surface area contributed by atoms with Crippen LogP contribution in [0.5, 0.6) is 0 Å². The van der Waals surface area contributed by atoms with Gasteiger partial charge < -0.3 is 0 Å². The average Bonchev–Trinajstić information content (AvgIpc) is 2.68. The summed E-state index contributed by atoms with van der Waals surface area (Å²) in [6.45, 7) is 11.1. The van der Waals surface area contributed by atoms with Crippen molar-refractivity contribution in [2.45, 2.75) is 117 Å². The molecule has 0 spiro atoms. The van der Waals surface area contributed by atoms with Gasteiger partial charge in [-0.3, -0.25) is 0 Å². The van der Waals surface area contributed by atoms with Gasteiger partial charge in [0.2, 0.25) is 0 Å². The van der Waals surface area contributed by atoms with E-state index in [9.17, 15) is 0 Å². The fraction of sp³-hybridized carbons (Fsp3) is 0.643. The number of hydrogen-bond donors (Lipinski definition) is 0. The lowest BCUT2D eigenvalue weighted by molar-refractivity contribution is 0.544. The molecule has 0 aromatic heterocycles. The molecule has 0 heterocycles. The Kier molecular flexibility index (Phi) is 13.6. The first-order valence-corrected chi connectivity index (χ1v) is 15.5. The quantitative estimate of drug-likeness (QED) is 0.174. The minimum absolute atomic E-state index is 1.10. The van der Waals surface area contributed by atoms with Gasteiger partial charge in [0.1, 0.15) is 8.07 Å². The Labute approximate surface area is 183 Å². The molecule has 0 bridgehead atoms. The molecule has 0 atom stereocenters. The third kappa shape index (κ3) is 13.4. The van der Waals surface area contributed by atoms with Crippen molar-refractivity contribution in [2.24, 2.45) is 0 Å². The summed E-state index contributed by atoms with van der Waals surface area (Å²) >= 11 is 0. The Morgan fingerprint density at radius 1 is 0.690 bits per heavy atom. The van der Waals surface area contributed by atoms with Crippen LogP contribution < -0.4 is 0 Å². The van der Waals surface area contributed by atoms with Crippen LogP contribution in [0.3, 0.4) is 0 Å². The minimum atomic E-state index is -1.36. The third-order valence-electron chi connectivity index (χ3n) is 5.23. The van der Waals surface area contributed by atoms with Crippen LogP contribution in [0.4, 0.5) is 0 Å². The van der Waals surface area contributed by atoms with Crippen molar-refractivity contribution in [1.29, 1.82) is 0 Å². The van der Waals surface area contributed by atoms with Crippen LogP contribution in [-0.4, -0.2) is 8.07 Å². The van der Waals surface area contributed by atoms with Gasteiger partial charge in [0.25, 0.3) is 0 Å². The zero-order valence-electron chi connectivity index (χ0n) is 19.9. The van der Waals surface area contributed by atoms with Gasteiger partial charge in [-0.15, -0.1) is 11.5 Å². The van der Waals surface area contributed by atoms with E-state index in [-0.39, 0.29) is 0 Å². The second kappa shape index (κ2) is 15.4. The molecule has 29 heavy (non-hydrogen) atoms. The zero-order chi connectivity index (χ0) is 21.4. The highest BCUT2D eigenvalue weighted by Crippen LogP contribution is 2.16. The van der Waals surface area contributed by atoms with Gasteiger partial charge in [0.05, 0.1) is 0 Å². The van der Waals surface area contributed by atoms with Crippen LogP contribution in [0.1, 0.15) is 108 Å². The van der Waals surface area contributed by atoms with Gasteiger partial charge in [0.15, 0.2) is 0 Å². The predicted molar refractivity (Wildman–Crippen MR) is 134 cm³/mol. The third-order valence-corrected chi connectivity index (χ3v) is 6.11. The maximum atomic E-state index is 3.47. The lowest BCUT2D eigenvalue weighted by Gasteiger charge is -2.07. The van der Waals surface area contributed by atoms with Crippen LogP contribution in [0.25, 0.3) is 0 Å². The maximum Gasteiger partial charge on any atom is 0.129 e. The molecule has 0 aliphatic rings. The van der Waals surface area contributed by atoms with Crippen molar-refractivity contribution in [3.63, 3.8) is 0 Å². The molecule has 0 fully saturated rings. The van der Waals surface area contributed by atoms with Gasteiger partial charge >= 0.3 is 0 Å². The van der Waals surface area contributed by atoms with Gasteiger partial charge in [-0.05, 0) is 37.5 Å². The Bertz CT molecular complexity index is 685. The van der Waals surface area contributed by atoms with E-state index in [1.807, 2.05) is 6.92 Å². The molecule has 0 radical (unpaired) electrons. The van der Waals surface area contributed by atoms with Gasteiger partial charge in [-0.1, -0.05) is 115 Å². The lowest BCUT2D eigenvalue weighted by atomic mass is 9.99. The summed E-state index contributed by atoms with van der Waals surface area (Å²) in [7, 11) is -1.36. The molecule has 0 aliphatic carbocycles. The zero-order valence-corrected chi connectivity index (χ0v) is 20.9. The molecule has 0 saturated carbocycles. The minimum Gasteiger partial charge on any atom is -0.127 e. The van der Waals surface area contributed by atoms with E-state index < -0.39 is 8.07 Å². The SMILES string of the molecule is CC#Cc1cc(CCCCCCCCCCCCCC)ccc1C#C[Si](C)(C)C. The van der Waals surface area contributed by atoms with Crippen molar-refractivity contribution in [1.82, 2.24) is 0 Å². The number of benzene rings is 1. The predicted octanol–water partition coefficient (Wildman–Crippen LogP) is 8.53. The monoisotopic (exact) mass is 408 g/mol. The molecule has 1 aromatic rings. The molecular weight excluding hydrogens is 364 g/mol. The lowest BCUT2D eigenvalue weighted by Crippen LogP contribution is -2.16.